The lowest BCUT2D eigenvalue weighted by molar-refractivity contribution is -0.162. The van der Waals surface area contributed by atoms with Crippen molar-refractivity contribution < 1.29 is 28.9 Å². The van der Waals surface area contributed by atoms with Crippen molar-refractivity contribution in [3.8, 4) is 11.5 Å². The van der Waals surface area contributed by atoms with Crippen LogP contribution in [-0.2, 0) is 29.0 Å². The minimum absolute atomic E-state index is 0.00362. The van der Waals surface area contributed by atoms with E-state index >= 15 is 0 Å². The van der Waals surface area contributed by atoms with Crippen molar-refractivity contribution in [2.45, 2.75) is 103 Å². The van der Waals surface area contributed by atoms with E-state index in [0.717, 1.165) is 54.4 Å². The summed E-state index contributed by atoms with van der Waals surface area (Å²) in [5.74, 6) is -0.0729. The Morgan fingerprint density at radius 2 is 1.93 bits per heavy atom. The summed E-state index contributed by atoms with van der Waals surface area (Å²) in [5, 5.41) is 28.9. The molecule has 1 saturated carbocycles. The van der Waals surface area contributed by atoms with Crippen LogP contribution < -0.4 is 32.3 Å². The first-order chi connectivity index (χ1) is 26.0. The van der Waals surface area contributed by atoms with Crippen LogP contribution in [0.3, 0.4) is 0 Å². The zero-order valence-electron chi connectivity index (χ0n) is 31.1. The number of carbonyl (C=O) groups excluding carboxylic acids is 1. The van der Waals surface area contributed by atoms with Gasteiger partial charge in [-0.1, -0.05) is 43.1 Å². The summed E-state index contributed by atoms with van der Waals surface area (Å²) in [5.41, 5.74) is 21.0. The van der Waals surface area contributed by atoms with Crippen molar-refractivity contribution in [2.24, 2.45) is 22.8 Å². The second-order valence-electron chi connectivity index (χ2n) is 16.2. The Hall–Kier alpha value is -5.00. The number of dihydropyridines is 2. The maximum Gasteiger partial charge on any atom is 0.333 e. The van der Waals surface area contributed by atoms with Gasteiger partial charge in [0.2, 0.25) is 0 Å². The summed E-state index contributed by atoms with van der Waals surface area (Å²) in [7, 11) is 0. The first-order valence-electron chi connectivity index (χ1n) is 19.3. The van der Waals surface area contributed by atoms with Crippen molar-refractivity contribution in [3.63, 3.8) is 0 Å². The van der Waals surface area contributed by atoms with E-state index in [0.29, 0.717) is 41.2 Å². The Kier molecular flexibility index (Phi) is 8.06. The molecule has 2 aromatic rings. The molecule has 8 N–H and O–H groups in total. The third kappa shape index (κ3) is 5.07. The van der Waals surface area contributed by atoms with Gasteiger partial charge >= 0.3 is 5.97 Å². The molecule has 0 radical (unpaired) electrons. The SMILES string of the molecule is C/C=C(/C)C(=O)O[C@@H]1Cc2c3c(c4oc(CO)cc(=O)c4c2O)CC2=CCNC(N)=C2C2=CC4(CCCCC4)C4=C2[C@H](CC2=CNC(N)C=C2C4)[C@]1(C)O3. The molecular formula is C43H48N4O7. The molecule has 1 spiro atoms. The van der Waals surface area contributed by atoms with Gasteiger partial charge in [0.1, 0.15) is 46.8 Å². The Balaban J connectivity index is 1.39. The number of allylic oxidation sites excluding steroid dienone is 8. The lowest BCUT2D eigenvalue weighted by Crippen LogP contribution is -2.57. The van der Waals surface area contributed by atoms with Crippen molar-refractivity contribution in [1.29, 1.82) is 0 Å². The Labute approximate surface area is 313 Å². The highest BCUT2D eigenvalue weighted by atomic mass is 16.6. The minimum atomic E-state index is -1.19. The standard InChI is InChI=1S/C43H48N4O7/c1-4-21(2)41(51)53-32-17-26-37(50)36-31(49)16-25(20-48)52-39(36)27-12-22-8-11-46-40(45)34(22)28-18-43(9-6-5-7-10-43)30-13-23-15-33(44)47-19-24(23)14-29(35(28)30)42(32,3)54-38(26)27/h4,8,15-16,18-19,29,32-33,46-48,50H,5-7,9-14,17,20,44-45H2,1-3H3/b21-4-/t29-,32+,33?,42-/m0/s1. The van der Waals surface area contributed by atoms with E-state index in [1.54, 1.807) is 19.9 Å². The molecule has 3 aliphatic carbocycles. The Morgan fingerprint density at radius 3 is 2.69 bits per heavy atom. The van der Waals surface area contributed by atoms with Gasteiger partial charge in [-0.15, -0.1) is 0 Å². The lowest BCUT2D eigenvalue weighted by atomic mass is 9.67. The molecule has 4 aliphatic heterocycles. The number of aromatic hydroxyl groups is 1. The number of esters is 1. The van der Waals surface area contributed by atoms with Gasteiger partial charge in [0, 0.05) is 65.3 Å². The average molecular weight is 733 g/mol. The highest BCUT2D eigenvalue weighted by Crippen LogP contribution is 2.62. The second-order valence-corrected chi connectivity index (χ2v) is 16.2. The summed E-state index contributed by atoms with van der Waals surface area (Å²) in [6.45, 7) is 5.55. The fourth-order valence-corrected chi connectivity index (χ4v) is 10.3. The molecule has 11 nitrogen and oxygen atoms in total. The van der Waals surface area contributed by atoms with Crippen molar-refractivity contribution >= 4 is 16.9 Å². The molecule has 282 valence electrons. The number of hydrogen-bond donors (Lipinski definition) is 6. The summed E-state index contributed by atoms with van der Waals surface area (Å²) in [4.78, 5) is 27.5. The molecule has 1 unspecified atom stereocenters. The zero-order chi connectivity index (χ0) is 37.7. The Bertz CT molecular complexity index is 2310. The molecule has 1 aromatic heterocycles. The van der Waals surface area contributed by atoms with Gasteiger partial charge in [0.15, 0.2) is 11.0 Å². The van der Waals surface area contributed by atoms with Gasteiger partial charge in [-0.05, 0) is 80.4 Å². The lowest BCUT2D eigenvalue weighted by Gasteiger charge is -2.49. The number of nitrogens with two attached hydrogens (primary N) is 2. The van der Waals surface area contributed by atoms with E-state index in [1.165, 1.54) is 29.2 Å². The van der Waals surface area contributed by atoms with Crippen molar-refractivity contribution in [1.82, 2.24) is 10.6 Å². The zero-order valence-corrected chi connectivity index (χ0v) is 31.1. The topological polar surface area (TPSA) is 182 Å². The van der Waals surface area contributed by atoms with E-state index in [2.05, 4.69) is 28.9 Å². The van der Waals surface area contributed by atoms with Crippen LogP contribution in [0.1, 0.15) is 82.6 Å². The summed E-state index contributed by atoms with van der Waals surface area (Å²) in [6.07, 6.45) is 16.4. The first-order valence-corrected chi connectivity index (χ1v) is 19.3. The monoisotopic (exact) mass is 732 g/mol. The number of hydrogen-bond acceptors (Lipinski definition) is 11. The number of nitrogens with one attached hydrogen (secondary N) is 2. The molecule has 1 aromatic carbocycles. The third-order valence-corrected chi connectivity index (χ3v) is 13.2. The van der Waals surface area contributed by atoms with Gasteiger partial charge < -0.3 is 46.2 Å². The van der Waals surface area contributed by atoms with Crippen LogP contribution >= 0.6 is 0 Å². The normalized spacial score (nSPS) is 28.2. The van der Waals surface area contributed by atoms with Gasteiger partial charge in [0.25, 0.3) is 0 Å². The molecule has 7 aliphatic rings. The third-order valence-electron chi connectivity index (χ3n) is 13.2. The van der Waals surface area contributed by atoms with Crippen LogP contribution in [0.2, 0.25) is 0 Å². The summed E-state index contributed by atoms with van der Waals surface area (Å²) in [6, 6.07) is 1.20. The average Bonchev–Trinajstić information content (AvgIpc) is 3.31. The van der Waals surface area contributed by atoms with Crippen LogP contribution in [0.4, 0.5) is 0 Å². The molecule has 0 amide bonds. The maximum atomic E-state index is 13.8. The predicted octanol–water partition coefficient (Wildman–Crippen LogP) is 5.11. The fraction of sp³-hybridized carbons (Fsp3) is 0.442. The van der Waals surface area contributed by atoms with Crippen molar-refractivity contribution in [3.05, 3.63) is 114 Å². The van der Waals surface area contributed by atoms with E-state index < -0.39 is 29.7 Å². The molecule has 5 heterocycles. The molecule has 0 saturated heterocycles. The number of phenolic OH excluding ortho intramolecular Hbond substituents is 1. The number of phenols is 1. The predicted molar refractivity (Wildman–Crippen MR) is 204 cm³/mol. The first kappa shape index (κ1) is 34.7. The van der Waals surface area contributed by atoms with E-state index in [1.807, 2.05) is 13.1 Å². The van der Waals surface area contributed by atoms with E-state index in [9.17, 15) is 19.8 Å². The second kappa shape index (κ2) is 12.5. The molecule has 4 atom stereocenters. The van der Waals surface area contributed by atoms with Crippen LogP contribution in [0.5, 0.6) is 11.5 Å². The van der Waals surface area contributed by atoms with Gasteiger partial charge in [0.05, 0.1) is 6.17 Å². The van der Waals surface area contributed by atoms with Crippen molar-refractivity contribution in [2.75, 3.05) is 6.54 Å². The van der Waals surface area contributed by atoms with Crippen LogP contribution in [0.25, 0.3) is 11.0 Å². The van der Waals surface area contributed by atoms with Crippen LogP contribution in [-0.4, -0.2) is 40.6 Å². The van der Waals surface area contributed by atoms with Crippen LogP contribution in [0, 0.1) is 11.3 Å². The largest absolute Gasteiger partial charge is 0.507 e. The number of carbonyl (C=O) groups is 1. The number of aliphatic hydroxyl groups is 1. The van der Waals surface area contributed by atoms with Gasteiger partial charge in [-0.2, -0.15) is 0 Å². The number of fused-ring (bicyclic) bond motifs is 8. The van der Waals surface area contributed by atoms with E-state index in [4.69, 9.17) is 25.4 Å². The van der Waals surface area contributed by atoms with E-state index in [-0.39, 0.29) is 52.8 Å². The maximum absolute atomic E-state index is 13.8. The number of benzene rings is 1. The highest BCUT2D eigenvalue weighted by molar-refractivity contribution is 5.92. The molecule has 2 bridgehead atoms. The minimum Gasteiger partial charge on any atom is -0.507 e. The highest BCUT2D eigenvalue weighted by Gasteiger charge is 2.57. The smallest absolute Gasteiger partial charge is 0.333 e. The molecular weight excluding hydrogens is 684 g/mol. The molecule has 54 heavy (non-hydrogen) atoms. The quantitative estimate of drug-likeness (QED) is 0.182. The fourth-order valence-electron chi connectivity index (χ4n) is 10.3. The van der Waals surface area contributed by atoms with Crippen LogP contribution in [0.15, 0.2) is 96.2 Å². The Morgan fingerprint density at radius 1 is 1.13 bits per heavy atom. The number of ether oxygens (including phenoxy) is 2. The summed E-state index contributed by atoms with van der Waals surface area (Å²) >= 11 is 0. The molecule has 9 rings (SSSR count). The van der Waals surface area contributed by atoms with Gasteiger partial charge in [-0.25, -0.2) is 4.79 Å². The molecule has 1 fully saturated rings. The number of aliphatic hydroxyl groups excluding tert-OH is 1. The summed E-state index contributed by atoms with van der Waals surface area (Å²) < 4.78 is 20.2. The molecule has 11 heteroatoms. The number of rotatable bonds is 3. The van der Waals surface area contributed by atoms with Gasteiger partial charge in [-0.3, -0.25) is 4.79 Å².